The van der Waals surface area contributed by atoms with Crippen molar-refractivity contribution in [2.24, 2.45) is 0 Å². The summed E-state index contributed by atoms with van der Waals surface area (Å²) in [5, 5.41) is 21.7. The van der Waals surface area contributed by atoms with Crippen molar-refractivity contribution in [1.82, 2.24) is 5.32 Å². The molecule has 0 radical (unpaired) electrons. The Morgan fingerprint density at radius 3 is 2.91 bits per heavy atom. The standard InChI is InChI=1S/C8H17NO2/c10-6-4-8(11)3-1-2-5-9-7-8/h9-11H,1-7H2. The maximum absolute atomic E-state index is 9.83. The molecule has 0 aromatic carbocycles. The van der Waals surface area contributed by atoms with Crippen molar-refractivity contribution in [3.05, 3.63) is 0 Å². The van der Waals surface area contributed by atoms with Crippen LogP contribution in [0.5, 0.6) is 0 Å². The summed E-state index contributed by atoms with van der Waals surface area (Å²) in [5.74, 6) is 0. The van der Waals surface area contributed by atoms with Gasteiger partial charge in [0.1, 0.15) is 0 Å². The van der Waals surface area contributed by atoms with E-state index in [0.29, 0.717) is 13.0 Å². The van der Waals surface area contributed by atoms with Crippen molar-refractivity contribution < 1.29 is 10.2 Å². The second kappa shape index (κ2) is 4.04. The first-order valence-corrected chi connectivity index (χ1v) is 4.31. The average Bonchev–Trinajstić information content (AvgIpc) is 2.15. The number of β-amino-alcohol motifs (C(OH)–C–C–N with tert-alkyl or cyclic N) is 1. The van der Waals surface area contributed by atoms with E-state index in [0.717, 1.165) is 25.8 Å². The molecular weight excluding hydrogens is 142 g/mol. The fraction of sp³-hybridized carbons (Fsp3) is 1.00. The van der Waals surface area contributed by atoms with E-state index < -0.39 is 5.60 Å². The summed E-state index contributed by atoms with van der Waals surface area (Å²) >= 11 is 0. The van der Waals surface area contributed by atoms with E-state index in [2.05, 4.69) is 5.32 Å². The van der Waals surface area contributed by atoms with Gasteiger partial charge in [-0.1, -0.05) is 0 Å². The Kier molecular flexibility index (Phi) is 3.30. The average molecular weight is 159 g/mol. The van der Waals surface area contributed by atoms with Crippen LogP contribution in [0.15, 0.2) is 0 Å². The van der Waals surface area contributed by atoms with Crippen LogP contribution in [0.4, 0.5) is 0 Å². The number of aliphatic hydroxyl groups excluding tert-OH is 1. The third kappa shape index (κ3) is 2.77. The molecule has 0 aromatic rings. The highest BCUT2D eigenvalue weighted by Crippen LogP contribution is 2.19. The Balaban J connectivity index is 2.38. The molecule has 66 valence electrons. The molecule has 3 nitrogen and oxygen atoms in total. The molecule has 0 bridgehead atoms. The van der Waals surface area contributed by atoms with Gasteiger partial charge in [-0.25, -0.2) is 0 Å². The van der Waals surface area contributed by atoms with Gasteiger partial charge in [0.2, 0.25) is 0 Å². The van der Waals surface area contributed by atoms with Gasteiger partial charge in [-0.2, -0.15) is 0 Å². The van der Waals surface area contributed by atoms with E-state index in [1.54, 1.807) is 0 Å². The quantitative estimate of drug-likeness (QED) is 0.526. The van der Waals surface area contributed by atoms with Gasteiger partial charge in [-0.05, 0) is 25.8 Å². The first-order valence-electron chi connectivity index (χ1n) is 4.31. The summed E-state index contributed by atoms with van der Waals surface area (Å²) in [6, 6.07) is 0. The number of rotatable bonds is 2. The molecule has 1 fully saturated rings. The first kappa shape index (κ1) is 8.97. The smallest absolute Gasteiger partial charge is 0.0793 e. The maximum atomic E-state index is 9.83. The first-order chi connectivity index (χ1) is 5.27. The molecule has 0 spiro atoms. The number of hydrogen-bond acceptors (Lipinski definition) is 3. The Bertz CT molecular complexity index is 109. The molecule has 0 amide bonds. The zero-order chi connectivity index (χ0) is 8.16. The van der Waals surface area contributed by atoms with Gasteiger partial charge in [0.05, 0.1) is 5.60 Å². The van der Waals surface area contributed by atoms with Crippen molar-refractivity contribution in [2.75, 3.05) is 19.7 Å². The van der Waals surface area contributed by atoms with E-state index in [1.165, 1.54) is 0 Å². The normalized spacial score (nSPS) is 33.3. The topological polar surface area (TPSA) is 52.5 Å². The third-order valence-corrected chi connectivity index (χ3v) is 2.28. The molecule has 1 unspecified atom stereocenters. The Morgan fingerprint density at radius 1 is 1.36 bits per heavy atom. The lowest BCUT2D eigenvalue weighted by molar-refractivity contribution is 0.0127. The molecular formula is C8H17NO2. The van der Waals surface area contributed by atoms with E-state index in [1.807, 2.05) is 0 Å². The van der Waals surface area contributed by atoms with Gasteiger partial charge in [0, 0.05) is 19.6 Å². The maximum Gasteiger partial charge on any atom is 0.0793 e. The van der Waals surface area contributed by atoms with Crippen molar-refractivity contribution in [3.63, 3.8) is 0 Å². The van der Waals surface area contributed by atoms with Crippen molar-refractivity contribution in [1.29, 1.82) is 0 Å². The molecule has 0 aliphatic carbocycles. The summed E-state index contributed by atoms with van der Waals surface area (Å²) in [4.78, 5) is 0. The summed E-state index contributed by atoms with van der Waals surface area (Å²) in [5.41, 5.74) is -0.648. The van der Waals surface area contributed by atoms with Gasteiger partial charge in [-0.15, -0.1) is 0 Å². The minimum atomic E-state index is -0.648. The van der Waals surface area contributed by atoms with Crippen LogP contribution in [0, 0.1) is 0 Å². The van der Waals surface area contributed by atoms with Crippen LogP contribution in [0.1, 0.15) is 25.7 Å². The SMILES string of the molecule is OCCC1(O)CCCCNC1. The van der Waals surface area contributed by atoms with E-state index >= 15 is 0 Å². The zero-order valence-corrected chi connectivity index (χ0v) is 6.84. The molecule has 3 N–H and O–H groups in total. The lowest BCUT2D eigenvalue weighted by Crippen LogP contribution is -2.39. The minimum Gasteiger partial charge on any atom is -0.396 e. The Hall–Kier alpha value is -0.120. The third-order valence-electron chi connectivity index (χ3n) is 2.28. The number of aliphatic hydroxyl groups is 2. The Morgan fingerprint density at radius 2 is 2.18 bits per heavy atom. The highest BCUT2D eigenvalue weighted by atomic mass is 16.3. The fourth-order valence-corrected chi connectivity index (χ4v) is 1.54. The molecule has 1 aliphatic rings. The summed E-state index contributed by atoms with van der Waals surface area (Å²) in [7, 11) is 0. The van der Waals surface area contributed by atoms with E-state index in [9.17, 15) is 5.11 Å². The zero-order valence-electron chi connectivity index (χ0n) is 6.84. The monoisotopic (exact) mass is 159 g/mol. The molecule has 1 aliphatic heterocycles. The highest BCUT2D eigenvalue weighted by molar-refractivity contribution is 4.82. The predicted molar refractivity (Wildman–Crippen MR) is 43.4 cm³/mol. The molecule has 3 heteroatoms. The minimum absolute atomic E-state index is 0.0815. The van der Waals surface area contributed by atoms with Gasteiger partial charge < -0.3 is 15.5 Å². The van der Waals surface area contributed by atoms with Crippen LogP contribution >= 0.6 is 0 Å². The van der Waals surface area contributed by atoms with Gasteiger partial charge in [-0.3, -0.25) is 0 Å². The van der Waals surface area contributed by atoms with Crippen LogP contribution in [-0.4, -0.2) is 35.5 Å². The molecule has 1 heterocycles. The van der Waals surface area contributed by atoms with Crippen molar-refractivity contribution in [3.8, 4) is 0 Å². The van der Waals surface area contributed by atoms with Crippen molar-refractivity contribution in [2.45, 2.75) is 31.3 Å². The molecule has 11 heavy (non-hydrogen) atoms. The van der Waals surface area contributed by atoms with E-state index in [-0.39, 0.29) is 6.61 Å². The lowest BCUT2D eigenvalue weighted by atomic mass is 9.95. The Labute approximate surface area is 67.4 Å². The highest BCUT2D eigenvalue weighted by Gasteiger charge is 2.26. The summed E-state index contributed by atoms with van der Waals surface area (Å²) < 4.78 is 0. The van der Waals surface area contributed by atoms with Gasteiger partial charge in [0.25, 0.3) is 0 Å². The van der Waals surface area contributed by atoms with Gasteiger partial charge in [0.15, 0.2) is 0 Å². The number of hydrogen-bond donors (Lipinski definition) is 3. The van der Waals surface area contributed by atoms with Gasteiger partial charge >= 0.3 is 0 Å². The molecule has 1 rings (SSSR count). The second-order valence-electron chi connectivity index (χ2n) is 3.33. The summed E-state index contributed by atoms with van der Waals surface area (Å²) in [6.45, 7) is 1.71. The molecule has 0 aromatic heterocycles. The molecule has 0 saturated carbocycles. The van der Waals surface area contributed by atoms with Crippen LogP contribution in [0.3, 0.4) is 0 Å². The second-order valence-corrected chi connectivity index (χ2v) is 3.33. The van der Waals surface area contributed by atoms with E-state index in [4.69, 9.17) is 5.11 Å². The van der Waals surface area contributed by atoms with Crippen LogP contribution < -0.4 is 5.32 Å². The lowest BCUT2D eigenvalue weighted by Gasteiger charge is -2.25. The fourth-order valence-electron chi connectivity index (χ4n) is 1.54. The van der Waals surface area contributed by atoms with Crippen LogP contribution in [-0.2, 0) is 0 Å². The number of nitrogens with one attached hydrogen (secondary N) is 1. The largest absolute Gasteiger partial charge is 0.396 e. The van der Waals surface area contributed by atoms with Crippen LogP contribution in [0.25, 0.3) is 0 Å². The predicted octanol–water partition coefficient (Wildman–Crippen LogP) is -0.127. The van der Waals surface area contributed by atoms with Crippen molar-refractivity contribution >= 4 is 0 Å². The molecule has 1 atom stereocenters. The molecule has 1 saturated heterocycles. The summed E-state index contributed by atoms with van der Waals surface area (Å²) in [6.07, 6.45) is 3.51. The van der Waals surface area contributed by atoms with Crippen LogP contribution in [0.2, 0.25) is 0 Å².